The van der Waals surface area contributed by atoms with Crippen LogP contribution in [0, 0.1) is 21.3 Å². The Morgan fingerprint density at radius 3 is 2.61 bits per heavy atom. The molecule has 1 aromatic carbocycles. The molecule has 1 nitrogen and oxygen atoms in total. The van der Waals surface area contributed by atoms with Crippen LogP contribution in [0.1, 0.15) is 54.8 Å². The molecular weight excluding hydrogens is 534 g/mol. The number of rotatable bonds is 3. The van der Waals surface area contributed by atoms with Gasteiger partial charge in [0.15, 0.2) is 0 Å². The minimum Gasteiger partial charge on any atom is -0.661 e. The summed E-state index contributed by atoms with van der Waals surface area (Å²) in [5.74, 6) is 0.0398. The molecule has 1 aliphatic carbocycles. The van der Waals surface area contributed by atoms with Crippen molar-refractivity contribution in [2.45, 2.75) is 57.5 Å². The van der Waals surface area contributed by atoms with E-state index in [0.717, 1.165) is 48.7 Å². The van der Waals surface area contributed by atoms with Crippen molar-refractivity contribution in [2.24, 2.45) is 0 Å². The van der Waals surface area contributed by atoms with Gasteiger partial charge in [-0.05, 0) is 25.2 Å². The van der Waals surface area contributed by atoms with Crippen LogP contribution >= 0.6 is 0 Å². The SMILES string of the molecule is [CH2-]CCc1[n-]c2cc(C)ccc2c1C1CCCCC1F.[CH3-].[W+2].[Y]. The zero-order valence-electron chi connectivity index (χ0n) is 14.1. The topological polar surface area (TPSA) is 14.1 Å². The number of alkyl halides is 1. The smallest absolute Gasteiger partial charge is 0.661 e. The molecule has 0 bridgehead atoms. The largest absolute Gasteiger partial charge is 2.00 e. The normalized spacial score (nSPS) is 20.3. The molecule has 0 saturated heterocycles. The van der Waals surface area contributed by atoms with Crippen molar-refractivity contribution in [2.75, 3.05) is 0 Å². The Labute approximate surface area is 179 Å². The zero-order valence-corrected chi connectivity index (χ0v) is 19.9. The number of hydrogen-bond donors (Lipinski definition) is 0. The zero-order chi connectivity index (χ0) is 14.1. The number of fused-ring (bicyclic) bond motifs is 1. The Hall–Kier alpha value is 0.482. The third kappa shape index (κ3) is 4.99. The van der Waals surface area contributed by atoms with Crippen molar-refractivity contribution in [3.05, 3.63) is 49.4 Å². The van der Waals surface area contributed by atoms with E-state index in [2.05, 4.69) is 32.0 Å². The predicted molar refractivity (Wildman–Crippen MR) is 88.2 cm³/mol. The third-order valence-electron chi connectivity index (χ3n) is 4.48. The maximum Gasteiger partial charge on any atom is 2.00 e. The van der Waals surface area contributed by atoms with E-state index < -0.39 is 6.17 Å². The Kier molecular flexibility index (Phi) is 10.7. The van der Waals surface area contributed by atoms with Gasteiger partial charge in [0.2, 0.25) is 0 Å². The molecule has 0 aliphatic heterocycles. The molecule has 2 aromatic rings. The molecule has 1 fully saturated rings. The summed E-state index contributed by atoms with van der Waals surface area (Å²) in [6.07, 6.45) is 4.78. The van der Waals surface area contributed by atoms with Crippen molar-refractivity contribution in [3.8, 4) is 0 Å². The van der Waals surface area contributed by atoms with E-state index in [9.17, 15) is 4.39 Å². The minimum absolute atomic E-state index is 0. The first-order valence-electron chi connectivity index (χ1n) is 7.70. The maximum absolute atomic E-state index is 14.4. The van der Waals surface area contributed by atoms with E-state index in [1.54, 1.807) is 0 Å². The molecule has 1 aromatic heterocycles. The van der Waals surface area contributed by atoms with Gasteiger partial charge in [0, 0.05) is 38.6 Å². The molecular formula is C19H25FNWY-. The molecule has 1 heterocycles. The second-order valence-electron chi connectivity index (χ2n) is 6.00. The molecule has 1 aliphatic rings. The van der Waals surface area contributed by atoms with Crippen LogP contribution in [0.5, 0.6) is 0 Å². The van der Waals surface area contributed by atoms with Gasteiger partial charge in [-0.1, -0.05) is 48.6 Å². The van der Waals surface area contributed by atoms with Crippen molar-refractivity contribution >= 4 is 10.9 Å². The van der Waals surface area contributed by atoms with Gasteiger partial charge in [-0.15, -0.1) is 5.52 Å². The quantitative estimate of drug-likeness (QED) is 0.466. The first kappa shape index (κ1) is 23.5. The molecule has 2 atom stereocenters. The monoisotopic (exact) mass is 559 g/mol. The standard InChI is InChI=1S/C18H22FN.CH3.W.Y/c1-3-6-16-18(13-7-4-5-8-15(13)19)14-10-9-12(2)11-17(14)20-16;;;/h9-11,13,15H,1,3-8H2,2H3;1H3;;/q-2;-1;+2;. The van der Waals surface area contributed by atoms with E-state index in [1.165, 1.54) is 11.1 Å². The number of halogens is 1. The summed E-state index contributed by atoms with van der Waals surface area (Å²) in [6.45, 7) is 6.02. The Bertz CT molecular complexity index is 611. The average molecular weight is 559 g/mol. The van der Waals surface area contributed by atoms with Gasteiger partial charge < -0.3 is 19.3 Å². The van der Waals surface area contributed by atoms with E-state index in [0.29, 0.717) is 6.42 Å². The van der Waals surface area contributed by atoms with Crippen LogP contribution in [-0.4, -0.2) is 6.17 Å². The molecule has 1 radical (unpaired) electrons. The van der Waals surface area contributed by atoms with Crippen LogP contribution in [0.2, 0.25) is 0 Å². The molecule has 123 valence electrons. The number of nitrogens with zero attached hydrogens (tertiary/aromatic N) is 1. The summed E-state index contributed by atoms with van der Waals surface area (Å²) in [4.78, 5) is 4.77. The van der Waals surface area contributed by atoms with Crippen molar-refractivity contribution in [1.82, 2.24) is 4.98 Å². The van der Waals surface area contributed by atoms with Crippen LogP contribution in [0.4, 0.5) is 4.39 Å². The summed E-state index contributed by atoms with van der Waals surface area (Å²) in [6, 6.07) is 6.35. The Morgan fingerprint density at radius 1 is 1.26 bits per heavy atom. The van der Waals surface area contributed by atoms with Gasteiger partial charge in [-0.25, -0.2) is 4.39 Å². The summed E-state index contributed by atoms with van der Waals surface area (Å²) < 4.78 is 14.4. The van der Waals surface area contributed by atoms with Crippen LogP contribution in [0.25, 0.3) is 10.9 Å². The minimum atomic E-state index is -0.707. The van der Waals surface area contributed by atoms with Gasteiger partial charge in [0.1, 0.15) is 6.17 Å². The number of hydrogen-bond acceptors (Lipinski definition) is 0. The van der Waals surface area contributed by atoms with E-state index in [4.69, 9.17) is 4.98 Å². The van der Waals surface area contributed by atoms with Gasteiger partial charge in [0.25, 0.3) is 0 Å². The number of aromatic nitrogens is 1. The van der Waals surface area contributed by atoms with Gasteiger partial charge in [-0.2, -0.15) is 12.1 Å². The predicted octanol–water partition coefficient (Wildman–Crippen LogP) is 5.31. The average Bonchev–Trinajstić information content (AvgIpc) is 2.77. The molecule has 0 amide bonds. The van der Waals surface area contributed by atoms with Crippen LogP contribution < -0.4 is 4.98 Å². The van der Waals surface area contributed by atoms with Crippen LogP contribution in [0.15, 0.2) is 18.2 Å². The Morgan fingerprint density at radius 2 is 1.96 bits per heavy atom. The van der Waals surface area contributed by atoms with Gasteiger partial charge in [0.05, 0.1) is 0 Å². The van der Waals surface area contributed by atoms with Crippen LogP contribution in [-0.2, 0) is 60.2 Å². The van der Waals surface area contributed by atoms with E-state index >= 15 is 0 Å². The first-order valence-corrected chi connectivity index (χ1v) is 7.70. The molecule has 0 N–H and O–H groups in total. The Balaban J connectivity index is 0.00000161. The molecule has 23 heavy (non-hydrogen) atoms. The van der Waals surface area contributed by atoms with Gasteiger partial charge in [-0.3, -0.25) is 0 Å². The molecule has 2 unspecified atom stereocenters. The summed E-state index contributed by atoms with van der Waals surface area (Å²) in [5.41, 5.74) is 4.50. The summed E-state index contributed by atoms with van der Waals surface area (Å²) >= 11 is 0. The number of benzene rings is 1. The maximum atomic E-state index is 14.4. The number of aryl methyl sites for hydroxylation is 2. The van der Waals surface area contributed by atoms with E-state index in [1.807, 2.05) is 0 Å². The molecule has 0 spiro atoms. The van der Waals surface area contributed by atoms with Gasteiger partial charge >= 0.3 is 21.1 Å². The van der Waals surface area contributed by atoms with Crippen LogP contribution in [0.3, 0.4) is 0 Å². The van der Waals surface area contributed by atoms with Crippen molar-refractivity contribution in [3.63, 3.8) is 0 Å². The fraction of sp³-hybridized carbons (Fsp3) is 0.474. The third-order valence-corrected chi connectivity index (χ3v) is 4.48. The first-order chi connectivity index (χ1) is 9.70. The second kappa shape index (κ2) is 10.5. The fourth-order valence-electron chi connectivity index (χ4n) is 3.51. The van der Waals surface area contributed by atoms with E-state index in [-0.39, 0.29) is 67.1 Å². The van der Waals surface area contributed by atoms with Crippen molar-refractivity contribution in [1.29, 1.82) is 0 Å². The molecule has 4 heteroatoms. The molecule has 3 rings (SSSR count). The second-order valence-corrected chi connectivity index (χ2v) is 6.00. The molecule has 1 saturated carbocycles. The fourth-order valence-corrected chi connectivity index (χ4v) is 3.51. The summed E-state index contributed by atoms with van der Waals surface area (Å²) in [7, 11) is 0. The summed E-state index contributed by atoms with van der Waals surface area (Å²) in [5, 5.41) is 1.16. The van der Waals surface area contributed by atoms with Crippen molar-refractivity contribution < 1.29 is 58.2 Å².